The molecule has 1 N–H and O–H groups in total. The van der Waals surface area contributed by atoms with Gasteiger partial charge in [0.05, 0.1) is 15.8 Å². The normalized spacial score (nSPS) is 12.3. The molecular formula is C15H15F3N2O4S. The quantitative estimate of drug-likeness (QED) is 0.754. The molecule has 0 saturated carbocycles. The van der Waals surface area contributed by atoms with Crippen LogP contribution in [0.5, 0.6) is 0 Å². The number of ether oxygens (including phenoxy) is 1. The summed E-state index contributed by atoms with van der Waals surface area (Å²) in [7, 11) is 0. The summed E-state index contributed by atoms with van der Waals surface area (Å²) in [5.41, 5.74) is -1.39. The molecule has 6 nitrogen and oxygen atoms in total. The van der Waals surface area contributed by atoms with Crippen molar-refractivity contribution < 1.29 is 32.6 Å². The first-order valence-corrected chi connectivity index (χ1v) is 7.85. The number of fused-ring (bicyclic) bond motifs is 1. The summed E-state index contributed by atoms with van der Waals surface area (Å²) in [5.74, 6) is 0. The molecule has 0 atom stereocenters. The van der Waals surface area contributed by atoms with Crippen molar-refractivity contribution >= 4 is 38.9 Å². The molecule has 0 radical (unpaired) electrons. The van der Waals surface area contributed by atoms with Gasteiger partial charge < -0.3 is 9.84 Å². The van der Waals surface area contributed by atoms with Crippen LogP contribution in [0.25, 0.3) is 10.2 Å². The third kappa shape index (κ3) is 4.19. The van der Waals surface area contributed by atoms with Crippen LogP contribution in [-0.4, -0.2) is 27.9 Å². The molecule has 1 aromatic carbocycles. The lowest BCUT2D eigenvalue weighted by Crippen LogP contribution is -2.40. The van der Waals surface area contributed by atoms with E-state index in [1.165, 1.54) is 6.92 Å². The van der Waals surface area contributed by atoms with Crippen molar-refractivity contribution in [3.05, 3.63) is 23.3 Å². The average molecular weight is 376 g/mol. The van der Waals surface area contributed by atoms with Crippen LogP contribution in [0.3, 0.4) is 0 Å². The van der Waals surface area contributed by atoms with Gasteiger partial charge >= 0.3 is 18.4 Å². The van der Waals surface area contributed by atoms with Crippen LogP contribution in [0.15, 0.2) is 12.1 Å². The van der Waals surface area contributed by atoms with E-state index in [2.05, 4.69) is 4.98 Å². The molecule has 2 rings (SSSR count). The van der Waals surface area contributed by atoms with Crippen molar-refractivity contribution in [3.8, 4) is 0 Å². The van der Waals surface area contributed by atoms with Crippen LogP contribution in [0.4, 0.5) is 27.9 Å². The molecule has 1 heterocycles. The van der Waals surface area contributed by atoms with Gasteiger partial charge in [-0.1, -0.05) is 11.3 Å². The number of alkyl halides is 3. The lowest BCUT2D eigenvalue weighted by molar-refractivity contribution is -0.137. The van der Waals surface area contributed by atoms with E-state index in [9.17, 15) is 27.9 Å². The minimum atomic E-state index is -4.54. The van der Waals surface area contributed by atoms with Gasteiger partial charge in [-0.25, -0.2) is 14.6 Å². The van der Waals surface area contributed by atoms with Crippen LogP contribution in [0, 0.1) is 6.92 Å². The molecule has 0 spiro atoms. The maximum Gasteiger partial charge on any atom is 0.426 e. The number of carbonyl (C=O) groups excluding carboxylic acids is 1. The fourth-order valence-electron chi connectivity index (χ4n) is 1.99. The number of halogens is 3. The Kier molecular flexibility index (Phi) is 4.69. The first kappa shape index (κ1) is 19.0. The number of anilines is 1. The van der Waals surface area contributed by atoms with E-state index in [-0.39, 0.29) is 25.8 Å². The lowest BCUT2D eigenvalue weighted by atomic mass is 10.1. The zero-order valence-electron chi connectivity index (χ0n) is 13.8. The average Bonchev–Trinajstić information content (AvgIpc) is 2.78. The number of aryl methyl sites for hydroxylation is 1. The van der Waals surface area contributed by atoms with Crippen LogP contribution in [0.1, 0.15) is 31.9 Å². The Hall–Kier alpha value is -2.36. The number of benzene rings is 1. The lowest BCUT2D eigenvalue weighted by Gasteiger charge is -2.22. The van der Waals surface area contributed by atoms with Crippen molar-refractivity contribution in [1.82, 2.24) is 4.98 Å². The minimum absolute atomic E-state index is 0.122. The van der Waals surface area contributed by atoms with E-state index in [1.54, 1.807) is 20.8 Å². The number of aromatic nitrogens is 1. The number of rotatable bonds is 1. The van der Waals surface area contributed by atoms with E-state index in [1.807, 2.05) is 0 Å². The monoisotopic (exact) mass is 376 g/mol. The van der Waals surface area contributed by atoms with E-state index in [0.717, 1.165) is 12.1 Å². The minimum Gasteiger partial charge on any atom is -0.464 e. The Morgan fingerprint density at radius 1 is 1.24 bits per heavy atom. The third-order valence-corrected chi connectivity index (χ3v) is 3.95. The highest BCUT2D eigenvalue weighted by Crippen LogP contribution is 2.37. The van der Waals surface area contributed by atoms with Crippen molar-refractivity contribution in [2.45, 2.75) is 39.5 Å². The predicted octanol–water partition coefficient (Wildman–Crippen LogP) is 5.04. The number of imide groups is 1. The van der Waals surface area contributed by atoms with Crippen molar-refractivity contribution in [2.24, 2.45) is 0 Å². The Morgan fingerprint density at radius 3 is 2.32 bits per heavy atom. The highest BCUT2D eigenvalue weighted by atomic mass is 32.1. The molecule has 0 aliphatic carbocycles. The smallest absolute Gasteiger partial charge is 0.426 e. The maximum atomic E-state index is 12.9. The molecule has 0 saturated heterocycles. The molecule has 1 aromatic heterocycles. The third-order valence-electron chi connectivity index (χ3n) is 2.96. The molecule has 25 heavy (non-hydrogen) atoms. The molecule has 136 valence electrons. The highest BCUT2D eigenvalue weighted by molar-refractivity contribution is 7.22. The van der Waals surface area contributed by atoms with E-state index in [4.69, 9.17) is 4.74 Å². The number of carbonyl (C=O) groups is 2. The Balaban J connectivity index is 2.53. The second-order valence-corrected chi connectivity index (χ2v) is 7.24. The highest BCUT2D eigenvalue weighted by Gasteiger charge is 2.34. The van der Waals surface area contributed by atoms with Crippen molar-refractivity contribution in [3.63, 3.8) is 0 Å². The maximum absolute atomic E-state index is 12.9. The zero-order chi connectivity index (χ0) is 19.2. The molecule has 0 unspecified atom stereocenters. The van der Waals surface area contributed by atoms with Gasteiger partial charge in [0, 0.05) is 0 Å². The molecule has 0 bridgehead atoms. The summed E-state index contributed by atoms with van der Waals surface area (Å²) in [4.78, 5) is 27.8. The standard InChI is InChI=1S/C15H15F3N2O4S/c1-7-5-8(15(16,17)18)6-9-10(7)19-11(25-9)20(12(21)22)13(23)24-14(2,3)4/h5-6H,1-4H3,(H,21,22). The predicted molar refractivity (Wildman–Crippen MR) is 86.1 cm³/mol. The van der Waals surface area contributed by atoms with Crippen LogP contribution in [0.2, 0.25) is 0 Å². The summed E-state index contributed by atoms with van der Waals surface area (Å²) in [6.45, 7) is 6.11. The summed E-state index contributed by atoms with van der Waals surface area (Å²) in [6.07, 6.45) is -7.35. The summed E-state index contributed by atoms with van der Waals surface area (Å²) < 4.78 is 43.9. The fraction of sp³-hybridized carbons (Fsp3) is 0.400. The van der Waals surface area contributed by atoms with Crippen LogP contribution in [-0.2, 0) is 10.9 Å². The number of nitrogens with zero attached hydrogens (tertiary/aromatic N) is 2. The van der Waals surface area contributed by atoms with Gasteiger partial charge in [0.2, 0.25) is 5.13 Å². The first-order chi connectivity index (χ1) is 11.3. The Morgan fingerprint density at radius 2 is 1.84 bits per heavy atom. The van der Waals surface area contributed by atoms with E-state index >= 15 is 0 Å². The Bertz CT molecular complexity index is 840. The van der Waals surface area contributed by atoms with Gasteiger partial charge in [0.1, 0.15) is 5.60 Å². The van der Waals surface area contributed by atoms with E-state index < -0.39 is 29.5 Å². The molecule has 10 heteroatoms. The molecule has 0 fully saturated rings. The number of hydrogen-bond donors (Lipinski definition) is 1. The zero-order valence-corrected chi connectivity index (χ0v) is 14.6. The molecule has 0 aliphatic heterocycles. The van der Waals surface area contributed by atoms with Gasteiger partial charge in [-0.15, -0.1) is 0 Å². The van der Waals surface area contributed by atoms with Crippen LogP contribution < -0.4 is 4.90 Å². The van der Waals surface area contributed by atoms with Gasteiger partial charge in [-0.05, 0) is 45.4 Å². The van der Waals surface area contributed by atoms with Crippen molar-refractivity contribution in [1.29, 1.82) is 0 Å². The topological polar surface area (TPSA) is 79.7 Å². The second-order valence-electron chi connectivity index (χ2n) is 6.23. The van der Waals surface area contributed by atoms with Gasteiger partial charge in [-0.3, -0.25) is 0 Å². The van der Waals surface area contributed by atoms with Gasteiger partial charge in [0.15, 0.2) is 0 Å². The van der Waals surface area contributed by atoms with Crippen LogP contribution >= 0.6 is 11.3 Å². The first-order valence-electron chi connectivity index (χ1n) is 7.04. The molecule has 0 aliphatic rings. The SMILES string of the molecule is Cc1cc(C(F)(F)F)cc2sc(N(C(=O)O)C(=O)OC(C)(C)C)nc12. The summed E-state index contributed by atoms with van der Waals surface area (Å²) in [6, 6.07) is 1.79. The van der Waals surface area contributed by atoms with Gasteiger partial charge in [-0.2, -0.15) is 18.1 Å². The second kappa shape index (κ2) is 6.17. The largest absolute Gasteiger partial charge is 0.464 e. The van der Waals surface area contributed by atoms with Crippen molar-refractivity contribution in [2.75, 3.05) is 4.90 Å². The molecule has 2 aromatic rings. The van der Waals surface area contributed by atoms with Gasteiger partial charge in [0.25, 0.3) is 0 Å². The molecule has 2 amide bonds. The molecular weight excluding hydrogens is 361 g/mol. The number of thiazole rings is 1. The Labute approximate surface area is 144 Å². The fourth-order valence-corrected chi connectivity index (χ4v) is 3.06. The summed E-state index contributed by atoms with van der Waals surface area (Å²) >= 11 is 0.666. The number of hydrogen-bond acceptors (Lipinski definition) is 5. The number of carboxylic acid groups (broad SMARTS) is 1. The van der Waals surface area contributed by atoms with E-state index in [0.29, 0.717) is 11.3 Å². The summed E-state index contributed by atoms with van der Waals surface area (Å²) in [5, 5.41) is 9.01. The number of amides is 2.